The maximum Gasteiger partial charge on any atom is 0.416 e. The molecule has 0 aliphatic carbocycles. The van der Waals surface area contributed by atoms with Crippen molar-refractivity contribution >= 4 is 5.96 Å². The summed E-state index contributed by atoms with van der Waals surface area (Å²) in [5, 5.41) is 6.17. The fraction of sp³-hybridized carbons (Fsp3) is 0.400. The van der Waals surface area contributed by atoms with E-state index in [1.165, 1.54) is 12.1 Å². The lowest BCUT2D eigenvalue weighted by atomic mass is 10.1. The van der Waals surface area contributed by atoms with Gasteiger partial charge in [0.05, 0.1) is 5.56 Å². The van der Waals surface area contributed by atoms with Gasteiger partial charge < -0.3 is 10.6 Å². The standard InChI is InChI=1S/C15H20F3N3/c1-3-4-5-10-20-14(19-2)21-11-12-6-8-13(9-7-12)15(16,17)18/h3-4,6-9H,5,10-11H2,1-2H3,(H2,19,20,21)/b4-3+. The molecule has 2 N–H and O–H groups in total. The Balaban J connectivity index is 2.46. The molecule has 0 unspecified atom stereocenters. The van der Waals surface area contributed by atoms with Crippen LogP contribution in [-0.2, 0) is 12.7 Å². The van der Waals surface area contributed by atoms with Gasteiger partial charge >= 0.3 is 6.18 Å². The lowest BCUT2D eigenvalue weighted by molar-refractivity contribution is -0.137. The number of hydrogen-bond acceptors (Lipinski definition) is 1. The summed E-state index contributed by atoms with van der Waals surface area (Å²) in [6, 6.07) is 5.09. The van der Waals surface area contributed by atoms with Crippen molar-refractivity contribution in [2.75, 3.05) is 13.6 Å². The van der Waals surface area contributed by atoms with Gasteiger partial charge in [0, 0.05) is 20.1 Å². The molecule has 3 nitrogen and oxygen atoms in total. The summed E-state index contributed by atoms with van der Waals surface area (Å²) >= 11 is 0. The summed E-state index contributed by atoms with van der Waals surface area (Å²) in [7, 11) is 1.65. The van der Waals surface area contributed by atoms with Crippen LogP contribution in [0.4, 0.5) is 13.2 Å². The molecule has 1 aromatic carbocycles. The molecule has 0 saturated carbocycles. The highest BCUT2D eigenvalue weighted by Gasteiger charge is 2.29. The Labute approximate surface area is 123 Å². The molecule has 116 valence electrons. The summed E-state index contributed by atoms with van der Waals surface area (Å²) in [6.07, 6.45) is 0.601. The first-order chi connectivity index (χ1) is 9.97. The fourth-order valence-electron chi connectivity index (χ4n) is 1.66. The van der Waals surface area contributed by atoms with Gasteiger partial charge in [-0.15, -0.1) is 0 Å². The minimum absolute atomic E-state index is 0.418. The normalized spacial score (nSPS) is 12.7. The molecule has 0 amide bonds. The number of hydrogen-bond donors (Lipinski definition) is 2. The first kappa shape index (κ1) is 17.1. The zero-order valence-corrected chi connectivity index (χ0v) is 12.2. The van der Waals surface area contributed by atoms with Gasteiger partial charge in [0.1, 0.15) is 0 Å². The van der Waals surface area contributed by atoms with E-state index < -0.39 is 11.7 Å². The highest BCUT2D eigenvalue weighted by atomic mass is 19.4. The van der Waals surface area contributed by atoms with Crippen molar-refractivity contribution in [3.8, 4) is 0 Å². The van der Waals surface area contributed by atoms with Crippen LogP contribution in [0, 0.1) is 0 Å². The van der Waals surface area contributed by atoms with Gasteiger partial charge in [-0.3, -0.25) is 4.99 Å². The van der Waals surface area contributed by atoms with Crippen LogP contribution in [0.25, 0.3) is 0 Å². The van der Waals surface area contributed by atoms with Crippen molar-refractivity contribution in [2.24, 2.45) is 4.99 Å². The number of alkyl halides is 3. The first-order valence-electron chi connectivity index (χ1n) is 6.69. The Hall–Kier alpha value is -1.98. The molecule has 0 atom stereocenters. The highest BCUT2D eigenvalue weighted by Crippen LogP contribution is 2.28. The van der Waals surface area contributed by atoms with Crippen molar-refractivity contribution in [3.63, 3.8) is 0 Å². The number of guanidine groups is 1. The summed E-state index contributed by atoms with van der Waals surface area (Å²) in [6.45, 7) is 3.12. The van der Waals surface area contributed by atoms with Crippen LogP contribution in [0.1, 0.15) is 24.5 Å². The van der Waals surface area contributed by atoms with Crippen LogP contribution < -0.4 is 10.6 Å². The second-order valence-corrected chi connectivity index (χ2v) is 4.40. The van der Waals surface area contributed by atoms with Crippen molar-refractivity contribution in [2.45, 2.75) is 26.1 Å². The molecule has 1 rings (SSSR count). The van der Waals surface area contributed by atoms with Gasteiger partial charge in [0.15, 0.2) is 5.96 Å². The van der Waals surface area contributed by atoms with Crippen LogP contribution in [0.2, 0.25) is 0 Å². The molecule has 0 radical (unpaired) electrons. The maximum atomic E-state index is 12.4. The predicted molar refractivity (Wildman–Crippen MR) is 79.1 cm³/mol. The molecule has 21 heavy (non-hydrogen) atoms. The molecule has 0 fully saturated rings. The van der Waals surface area contributed by atoms with E-state index in [4.69, 9.17) is 0 Å². The van der Waals surface area contributed by atoms with Crippen molar-refractivity contribution in [3.05, 3.63) is 47.5 Å². The lowest BCUT2D eigenvalue weighted by Crippen LogP contribution is -2.37. The van der Waals surface area contributed by atoms with E-state index in [-0.39, 0.29) is 0 Å². The number of aliphatic imine (C=N–C) groups is 1. The maximum absolute atomic E-state index is 12.4. The minimum atomic E-state index is -4.30. The van der Waals surface area contributed by atoms with Gasteiger partial charge in [0.25, 0.3) is 0 Å². The number of nitrogens with one attached hydrogen (secondary N) is 2. The molecule has 0 aromatic heterocycles. The third kappa shape index (κ3) is 6.33. The summed E-state index contributed by atoms with van der Waals surface area (Å²) < 4.78 is 37.3. The van der Waals surface area contributed by atoms with Crippen LogP contribution >= 0.6 is 0 Å². The monoisotopic (exact) mass is 299 g/mol. The number of rotatable bonds is 5. The van der Waals surface area contributed by atoms with E-state index in [2.05, 4.69) is 15.6 Å². The average molecular weight is 299 g/mol. The van der Waals surface area contributed by atoms with Gasteiger partial charge in [-0.2, -0.15) is 13.2 Å². The van der Waals surface area contributed by atoms with E-state index in [0.29, 0.717) is 12.5 Å². The first-order valence-corrected chi connectivity index (χ1v) is 6.69. The van der Waals surface area contributed by atoms with Gasteiger partial charge in [-0.25, -0.2) is 0 Å². The molecule has 0 heterocycles. The summed E-state index contributed by atoms with van der Waals surface area (Å²) in [5.41, 5.74) is 0.125. The van der Waals surface area contributed by atoms with E-state index in [9.17, 15) is 13.2 Å². The van der Waals surface area contributed by atoms with Crippen molar-refractivity contribution in [1.29, 1.82) is 0 Å². The second-order valence-electron chi connectivity index (χ2n) is 4.40. The predicted octanol–water partition coefficient (Wildman–Crippen LogP) is 3.34. The van der Waals surface area contributed by atoms with E-state index in [0.717, 1.165) is 30.7 Å². The fourth-order valence-corrected chi connectivity index (χ4v) is 1.66. The number of benzene rings is 1. The SMILES string of the molecule is C/C=C/CCNC(=NC)NCc1ccc(C(F)(F)F)cc1. The van der Waals surface area contributed by atoms with Crippen molar-refractivity contribution in [1.82, 2.24) is 10.6 Å². The van der Waals surface area contributed by atoms with Crippen LogP contribution in [0.3, 0.4) is 0 Å². The quantitative estimate of drug-likeness (QED) is 0.379. The zero-order valence-electron chi connectivity index (χ0n) is 12.2. The number of halogens is 3. The second kappa shape index (κ2) is 8.34. The Morgan fingerprint density at radius 3 is 2.38 bits per heavy atom. The van der Waals surface area contributed by atoms with Gasteiger partial charge in [-0.1, -0.05) is 24.3 Å². The Bertz CT molecular complexity index is 476. The molecular weight excluding hydrogens is 279 g/mol. The van der Waals surface area contributed by atoms with Crippen molar-refractivity contribution < 1.29 is 13.2 Å². The Morgan fingerprint density at radius 2 is 1.86 bits per heavy atom. The smallest absolute Gasteiger partial charge is 0.356 e. The highest BCUT2D eigenvalue weighted by molar-refractivity contribution is 5.79. The van der Waals surface area contributed by atoms with E-state index in [1.807, 2.05) is 19.1 Å². The van der Waals surface area contributed by atoms with Crippen LogP contribution in [0.5, 0.6) is 0 Å². The van der Waals surface area contributed by atoms with E-state index >= 15 is 0 Å². The Morgan fingerprint density at radius 1 is 1.19 bits per heavy atom. The molecule has 0 spiro atoms. The Kier molecular flexibility index (Phi) is 6.78. The molecular formula is C15H20F3N3. The van der Waals surface area contributed by atoms with E-state index in [1.54, 1.807) is 7.05 Å². The van der Waals surface area contributed by atoms with Gasteiger partial charge in [0.2, 0.25) is 0 Å². The molecule has 6 heteroatoms. The number of nitrogens with zero attached hydrogens (tertiary/aromatic N) is 1. The van der Waals surface area contributed by atoms with Crippen LogP contribution in [-0.4, -0.2) is 19.6 Å². The lowest BCUT2D eigenvalue weighted by Gasteiger charge is -2.12. The molecule has 0 aliphatic heterocycles. The summed E-state index contributed by atoms with van der Waals surface area (Å²) in [4.78, 5) is 4.05. The van der Waals surface area contributed by atoms with Crippen LogP contribution in [0.15, 0.2) is 41.4 Å². The third-order valence-corrected chi connectivity index (χ3v) is 2.80. The number of allylic oxidation sites excluding steroid dienone is 1. The largest absolute Gasteiger partial charge is 0.416 e. The van der Waals surface area contributed by atoms with Gasteiger partial charge in [-0.05, 0) is 31.0 Å². The summed E-state index contributed by atoms with van der Waals surface area (Å²) in [5.74, 6) is 0.624. The molecule has 0 bridgehead atoms. The third-order valence-electron chi connectivity index (χ3n) is 2.80. The topological polar surface area (TPSA) is 36.4 Å². The molecule has 0 saturated heterocycles. The minimum Gasteiger partial charge on any atom is -0.356 e. The molecule has 1 aromatic rings. The zero-order chi connectivity index (χ0) is 15.7. The average Bonchev–Trinajstić information content (AvgIpc) is 2.46. The molecule has 0 aliphatic rings.